The van der Waals surface area contributed by atoms with Crippen LogP contribution >= 0.6 is 0 Å². The van der Waals surface area contributed by atoms with Crippen LogP contribution in [0.4, 0.5) is 0 Å². The Labute approximate surface area is 264 Å². The third-order valence-electron chi connectivity index (χ3n) is 12.9. The minimum absolute atomic E-state index is 0.0749. The molecule has 1 aliphatic heterocycles. The van der Waals surface area contributed by atoms with Gasteiger partial charge in [0.1, 0.15) is 24.4 Å². The van der Waals surface area contributed by atoms with Gasteiger partial charge in [-0.2, -0.15) is 0 Å². The summed E-state index contributed by atoms with van der Waals surface area (Å²) < 4.78 is 11.5. The van der Waals surface area contributed by atoms with Crippen LogP contribution in [0.3, 0.4) is 0 Å². The van der Waals surface area contributed by atoms with Crippen LogP contribution in [0.2, 0.25) is 0 Å². The molecule has 5 rings (SSSR count). The molecule has 5 aliphatic rings. The van der Waals surface area contributed by atoms with E-state index >= 15 is 0 Å². The van der Waals surface area contributed by atoms with Crippen molar-refractivity contribution in [2.24, 2.45) is 34.5 Å². The molecule has 9 N–H and O–H groups in total. The molecule has 1 heterocycles. The number of allylic oxidation sites excluding steroid dienone is 1. The highest BCUT2D eigenvalue weighted by atomic mass is 16.7. The normalized spacial score (nSPS) is 49.4. The number of ketones is 1. The maximum atomic E-state index is 13.5. The first-order valence-electron chi connectivity index (χ1n) is 16.5. The van der Waals surface area contributed by atoms with E-state index in [0.717, 1.165) is 0 Å². The molecule has 0 spiro atoms. The largest absolute Gasteiger partial charge is 0.394 e. The van der Waals surface area contributed by atoms with E-state index < -0.39 is 95.6 Å². The topological polar surface area (TPSA) is 218 Å². The van der Waals surface area contributed by atoms with Gasteiger partial charge in [0.2, 0.25) is 0 Å². The molecular weight excluding hydrogens is 588 g/mol. The van der Waals surface area contributed by atoms with E-state index in [0.29, 0.717) is 24.8 Å². The molecule has 12 heteroatoms. The van der Waals surface area contributed by atoms with E-state index in [9.17, 15) is 50.8 Å². The van der Waals surface area contributed by atoms with Crippen molar-refractivity contribution in [3.8, 4) is 0 Å². The monoisotopic (exact) mass is 642 g/mol. The van der Waals surface area contributed by atoms with Gasteiger partial charge in [-0.25, -0.2) is 0 Å². The highest BCUT2D eigenvalue weighted by molar-refractivity contribution is 5.95. The Morgan fingerprint density at radius 2 is 1.69 bits per heavy atom. The molecule has 0 aromatic carbocycles. The first-order chi connectivity index (χ1) is 20.8. The number of hydrogen-bond acceptors (Lipinski definition) is 12. The van der Waals surface area contributed by atoms with E-state index in [2.05, 4.69) is 0 Å². The van der Waals surface area contributed by atoms with Gasteiger partial charge in [-0.1, -0.05) is 27.7 Å². The Morgan fingerprint density at radius 3 is 2.31 bits per heavy atom. The Balaban J connectivity index is 1.36. The van der Waals surface area contributed by atoms with Crippen LogP contribution < -0.4 is 0 Å². The first kappa shape index (κ1) is 35.3. The van der Waals surface area contributed by atoms with E-state index in [-0.39, 0.29) is 43.3 Å². The number of fused-ring (bicyclic) bond motifs is 5. The van der Waals surface area contributed by atoms with Gasteiger partial charge in [0.15, 0.2) is 12.1 Å². The van der Waals surface area contributed by atoms with Crippen molar-refractivity contribution < 1.29 is 60.2 Å². The summed E-state index contributed by atoms with van der Waals surface area (Å²) in [5, 5.41) is 97.4. The molecule has 0 bridgehead atoms. The summed E-state index contributed by atoms with van der Waals surface area (Å²) in [7, 11) is 0. The minimum atomic E-state index is -1.70. The van der Waals surface area contributed by atoms with Crippen molar-refractivity contribution >= 4 is 5.78 Å². The Morgan fingerprint density at radius 1 is 1.02 bits per heavy atom. The van der Waals surface area contributed by atoms with Gasteiger partial charge in [0, 0.05) is 17.8 Å². The second-order valence-corrected chi connectivity index (χ2v) is 15.7. The fourth-order valence-corrected chi connectivity index (χ4v) is 9.84. The minimum Gasteiger partial charge on any atom is -0.394 e. The average Bonchev–Trinajstić information content (AvgIpc) is 3.26. The molecule has 4 aliphatic carbocycles. The molecule has 4 fully saturated rings. The quantitative estimate of drug-likeness (QED) is 0.164. The smallest absolute Gasteiger partial charge is 0.186 e. The van der Waals surface area contributed by atoms with Gasteiger partial charge >= 0.3 is 0 Å². The van der Waals surface area contributed by atoms with Gasteiger partial charge < -0.3 is 55.4 Å². The van der Waals surface area contributed by atoms with Crippen LogP contribution in [0.15, 0.2) is 11.6 Å². The van der Waals surface area contributed by atoms with E-state index in [4.69, 9.17) is 9.47 Å². The van der Waals surface area contributed by atoms with Crippen molar-refractivity contribution in [3.05, 3.63) is 11.6 Å². The SMILES string of the molecule is CC(C)C(CC(O)C(C)(O)C1CCC2(O)C3=CC(=O)C4CC(O)C(O)CC4(C)C3CCC12C)OC1OC(CO)C(O)C(O)C1O. The second kappa shape index (κ2) is 12.1. The zero-order valence-corrected chi connectivity index (χ0v) is 27.0. The second-order valence-electron chi connectivity index (χ2n) is 15.7. The predicted octanol–water partition coefficient (Wildman–Crippen LogP) is -0.466. The summed E-state index contributed by atoms with van der Waals surface area (Å²) in [5.74, 6) is -1.58. The number of carbonyl (C=O) groups is 1. The summed E-state index contributed by atoms with van der Waals surface area (Å²) in [5.41, 5.74) is -4.00. The highest BCUT2D eigenvalue weighted by Gasteiger charge is 2.69. The van der Waals surface area contributed by atoms with Crippen LogP contribution in [-0.2, 0) is 14.3 Å². The van der Waals surface area contributed by atoms with Crippen LogP contribution in [-0.4, -0.2) is 125 Å². The van der Waals surface area contributed by atoms with Crippen molar-refractivity contribution in [1.82, 2.24) is 0 Å². The lowest BCUT2D eigenvalue weighted by Crippen LogP contribution is -2.63. The summed E-state index contributed by atoms with van der Waals surface area (Å²) >= 11 is 0. The third-order valence-corrected chi connectivity index (χ3v) is 12.9. The molecule has 0 radical (unpaired) electrons. The van der Waals surface area contributed by atoms with Gasteiger partial charge in [-0.15, -0.1) is 0 Å². The molecule has 0 amide bonds. The molecule has 12 nitrogen and oxygen atoms in total. The van der Waals surface area contributed by atoms with Crippen molar-refractivity contribution in [2.75, 3.05) is 6.61 Å². The number of aliphatic hydroxyl groups is 9. The molecule has 45 heavy (non-hydrogen) atoms. The lowest BCUT2D eigenvalue weighted by atomic mass is 9.45. The van der Waals surface area contributed by atoms with Gasteiger partial charge in [0.25, 0.3) is 0 Å². The predicted molar refractivity (Wildman–Crippen MR) is 159 cm³/mol. The molecule has 0 aromatic heterocycles. The molecule has 3 saturated carbocycles. The van der Waals surface area contributed by atoms with Gasteiger partial charge in [-0.05, 0) is 80.3 Å². The number of hydrogen-bond donors (Lipinski definition) is 9. The van der Waals surface area contributed by atoms with Crippen molar-refractivity contribution in [3.63, 3.8) is 0 Å². The fraction of sp³-hybridized carbons (Fsp3) is 0.909. The molecule has 16 unspecified atom stereocenters. The molecular formula is C33H54O12. The highest BCUT2D eigenvalue weighted by Crippen LogP contribution is 2.68. The van der Waals surface area contributed by atoms with Crippen LogP contribution in [0, 0.1) is 34.5 Å². The number of ether oxygens (including phenoxy) is 2. The molecule has 258 valence electrons. The van der Waals surface area contributed by atoms with Crippen molar-refractivity contribution in [1.29, 1.82) is 0 Å². The van der Waals surface area contributed by atoms with E-state index in [1.165, 1.54) is 0 Å². The molecule has 16 atom stereocenters. The fourth-order valence-electron chi connectivity index (χ4n) is 9.84. The maximum absolute atomic E-state index is 13.5. The zero-order valence-electron chi connectivity index (χ0n) is 27.0. The number of aliphatic hydroxyl groups excluding tert-OH is 7. The first-order valence-corrected chi connectivity index (χ1v) is 16.5. The Kier molecular flexibility index (Phi) is 9.52. The lowest BCUT2D eigenvalue weighted by Gasteiger charge is -2.60. The lowest BCUT2D eigenvalue weighted by molar-refractivity contribution is -0.317. The summed E-state index contributed by atoms with van der Waals surface area (Å²) in [6, 6.07) is 0. The average molecular weight is 643 g/mol. The van der Waals surface area contributed by atoms with Crippen LogP contribution in [0.25, 0.3) is 0 Å². The summed E-state index contributed by atoms with van der Waals surface area (Å²) in [6.45, 7) is 8.48. The van der Waals surface area contributed by atoms with Gasteiger partial charge in [-0.3, -0.25) is 4.79 Å². The maximum Gasteiger partial charge on any atom is 0.186 e. The Bertz CT molecular complexity index is 1140. The molecule has 1 saturated heterocycles. The summed E-state index contributed by atoms with van der Waals surface area (Å²) in [4.78, 5) is 13.5. The standard InChI is InChI=1S/C33H54O12/c1-15(2)22(44-29-28(41)27(40)26(39)23(14-34)45-29)12-25(38)32(5,42)24-7-9-33(43)17-10-19(35)18-11-20(36)21(37)13-30(18,3)16(17)6-8-31(24,33)4/h10,15-16,18,20-29,34,36-43H,6-9,11-14H2,1-5H3. The van der Waals surface area contributed by atoms with Crippen molar-refractivity contribution in [2.45, 2.75) is 146 Å². The van der Waals surface area contributed by atoms with Gasteiger partial charge in [0.05, 0.1) is 42.2 Å². The van der Waals surface area contributed by atoms with E-state index in [1.807, 2.05) is 27.7 Å². The third kappa shape index (κ3) is 5.46. The zero-order chi connectivity index (χ0) is 33.4. The Hall–Kier alpha value is -1.03. The molecule has 0 aromatic rings. The van der Waals surface area contributed by atoms with Crippen LogP contribution in [0.1, 0.15) is 79.6 Å². The number of carbonyl (C=O) groups excluding carboxylic acids is 1. The van der Waals surface area contributed by atoms with Crippen LogP contribution in [0.5, 0.6) is 0 Å². The van der Waals surface area contributed by atoms with E-state index in [1.54, 1.807) is 13.0 Å². The number of rotatable bonds is 8. The summed E-state index contributed by atoms with van der Waals surface area (Å²) in [6.07, 6.45) is -7.62.